The molecule has 2 heterocycles. The van der Waals surface area contributed by atoms with E-state index in [1.165, 1.54) is 0 Å². The molecule has 3 amide bonds. The Morgan fingerprint density at radius 1 is 0.941 bits per heavy atom. The predicted octanol–water partition coefficient (Wildman–Crippen LogP) is 3.52. The summed E-state index contributed by atoms with van der Waals surface area (Å²) in [6.07, 6.45) is 1.76. The van der Waals surface area contributed by atoms with Crippen molar-refractivity contribution in [2.45, 2.75) is 19.6 Å². The van der Waals surface area contributed by atoms with Crippen LogP contribution in [0.3, 0.4) is 0 Å². The molecule has 1 saturated heterocycles. The van der Waals surface area contributed by atoms with Gasteiger partial charge < -0.3 is 25.2 Å². The maximum absolute atomic E-state index is 12.6. The van der Waals surface area contributed by atoms with Crippen LogP contribution >= 0.6 is 0 Å². The summed E-state index contributed by atoms with van der Waals surface area (Å²) in [5, 5.41) is 5.63. The van der Waals surface area contributed by atoms with E-state index in [9.17, 15) is 9.59 Å². The maximum atomic E-state index is 12.6. The molecular formula is C26H29N5O3. The van der Waals surface area contributed by atoms with Gasteiger partial charge in [0.15, 0.2) is 0 Å². The number of piperazine rings is 1. The van der Waals surface area contributed by atoms with Crippen molar-refractivity contribution >= 4 is 23.4 Å². The van der Waals surface area contributed by atoms with Crippen molar-refractivity contribution in [3.8, 4) is 5.75 Å². The molecule has 0 bridgehead atoms. The molecule has 8 heteroatoms. The number of ether oxygens (including phenoxy) is 1. The zero-order valence-corrected chi connectivity index (χ0v) is 19.2. The molecule has 1 aliphatic rings. The van der Waals surface area contributed by atoms with Crippen LogP contribution in [0.5, 0.6) is 5.75 Å². The summed E-state index contributed by atoms with van der Waals surface area (Å²) < 4.78 is 5.77. The molecule has 0 saturated carbocycles. The van der Waals surface area contributed by atoms with Crippen LogP contribution in [0.4, 0.5) is 16.3 Å². The number of nitrogens with zero attached hydrogens (tertiary/aromatic N) is 3. The fourth-order valence-electron chi connectivity index (χ4n) is 3.65. The van der Waals surface area contributed by atoms with Crippen molar-refractivity contribution in [1.82, 2.24) is 15.2 Å². The maximum Gasteiger partial charge on any atom is 0.318 e. The van der Waals surface area contributed by atoms with Gasteiger partial charge in [0.2, 0.25) is 5.91 Å². The summed E-state index contributed by atoms with van der Waals surface area (Å²) in [5.74, 6) is 1.35. The summed E-state index contributed by atoms with van der Waals surface area (Å²) in [5.41, 5.74) is 1.73. The number of urea groups is 1. The van der Waals surface area contributed by atoms with E-state index in [0.29, 0.717) is 44.2 Å². The summed E-state index contributed by atoms with van der Waals surface area (Å²) in [6, 6.07) is 22.0. The molecule has 0 spiro atoms. The molecule has 0 radical (unpaired) electrons. The minimum atomic E-state index is -0.671. The highest BCUT2D eigenvalue weighted by Crippen LogP contribution is 2.17. The number of pyridine rings is 1. The molecule has 0 aliphatic carbocycles. The van der Waals surface area contributed by atoms with E-state index >= 15 is 0 Å². The van der Waals surface area contributed by atoms with Gasteiger partial charge in [0.25, 0.3) is 0 Å². The second-order valence-corrected chi connectivity index (χ2v) is 8.12. The van der Waals surface area contributed by atoms with Crippen molar-refractivity contribution < 1.29 is 14.3 Å². The van der Waals surface area contributed by atoms with Gasteiger partial charge in [-0.3, -0.25) is 4.79 Å². The molecule has 2 aromatic carbocycles. The third-order valence-electron chi connectivity index (χ3n) is 5.64. The second kappa shape index (κ2) is 11.2. The molecule has 176 valence electrons. The smallest absolute Gasteiger partial charge is 0.318 e. The molecule has 1 unspecified atom stereocenters. The van der Waals surface area contributed by atoms with E-state index < -0.39 is 6.04 Å². The number of rotatable bonds is 7. The topological polar surface area (TPSA) is 86.8 Å². The van der Waals surface area contributed by atoms with Gasteiger partial charge in [-0.2, -0.15) is 0 Å². The van der Waals surface area contributed by atoms with E-state index in [4.69, 9.17) is 4.74 Å². The first kappa shape index (κ1) is 23.1. The van der Waals surface area contributed by atoms with Crippen LogP contribution in [0.15, 0.2) is 79.0 Å². The summed E-state index contributed by atoms with van der Waals surface area (Å²) in [7, 11) is 0. The molecule has 1 aromatic heterocycles. The van der Waals surface area contributed by atoms with Crippen molar-refractivity contribution in [1.29, 1.82) is 0 Å². The summed E-state index contributed by atoms with van der Waals surface area (Å²) >= 11 is 0. The number of anilines is 2. The third kappa shape index (κ3) is 6.25. The van der Waals surface area contributed by atoms with E-state index in [1.54, 1.807) is 30.2 Å². The summed E-state index contributed by atoms with van der Waals surface area (Å²) in [4.78, 5) is 33.4. The van der Waals surface area contributed by atoms with Crippen LogP contribution in [0, 0.1) is 0 Å². The number of carbonyl (C=O) groups excluding carboxylic acids is 2. The second-order valence-electron chi connectivity index (χ2n) is 8.12. The lowest BCUT2D eigenvalue weighted by Gasteiger charge is -2.35. The molecular weight excluding hydrogens is 430 g/mol. The molecule has 1 fully saturated rings. The molecule has 2 N–H and O–H groups in total. The highest BCUT2D eigenvalue weighted by Gasteiger charge is 2.24. The number of carbonyl (C=O) groups is 2. The lowest BCUT2D eigenvalue weighted by molar-refractivity contribution is -0.117. The Balaban J connectivity index is 1.21. The lowest BCUT2D eigenvalue weighted by atomic mass is 10.2. The Morgan fingerprint density at radius 3 is 2.32 bits per heavy atom. The molecule has 3 aromatic rings. The molecule has 4 rings (SSSR count). The SMILES string of the molecule is CC(NC(=O)N1CCN(c2ccccn2)CC1)C(=O)Nc1ccc(OCc2ccccc2)cc1. The fourth-order valence-corrected chi connectivity index (χ4v) is 3.65. The van der Waals surface area contributed by atoms with E-state index in [-0.39, 0.29) is 11.9 Å². The van der Waals surface area contributed by atoms with Crippen LogP contribution in [-0.2, 0) is 11.4 Å². The lowest BCUT2D eigenvalue weighted by Crippen LogP contribution is -2.54. The minimum Gasteiger partial charge on any atom is -0.489 e. The Morgan fingerprint density at radius 2 is 1.65 bits per heavy atom. The van der Waals surface area contributed by atoms with Gasteiger partial charge in [0, 0.05) is 38.1 Å². The van der Waals surface area contributed by atoms with Crippen LogP contribution in [0.1, 0.15) is 12.5 Å². The van der Waals surface area contributed by atoms with Crippen molar-refractivity contribution in [3.63, 3.8) is 0 Å². The number of amides is 3. The Kier molecular flexibility index (Phi) is 7.60. The van der Waals surface area contributed by atoms with Crippen molar-refractivity contribution in [3.05, 3.63) is 84.6 Å². The van der Waals surface area contributed by atoms with Crippen LogP contribution < -0.4 is 20.3 Å². The first-order chi connectivity index (χ1) is 16.6. The van der Waals surface area contributed by atoms with Gasteiger partial charge in [-0.05, 0) is 48.9 Å². The molecule has 1 atom stereocenters. The van der Waals surface area contributed by atoms with Crippen LogP contribution in [0.2, 0.25) is 0 Å². The summed E-state index contributed by atoms with van der Waals surface area (Å²) in [6.45, 7) is 4.69. The number of nitrogens with one attached hydrogen (secondary N) is 2. The van der Waals surface area contributed by atoms with Gasteiger partial charge in [0.05, 0.1) is 0 Å². The predicted molar refractivity (Wildman–Crippen MR) is 132 cm³/mol. The monoisotopic (exact) mass is 459 g/mol. The Labute approximate surface area is 199 Å². The minimum absolute atomic E-state index is 0.243. The zero-order chi connectivity index (χ0) is 23.8. The highest BCUT2D eigenvalue weighted by atomic mass is 16.5. The largest absolute Gasteiger partial charge is 0.489 e. The molecule has 8 nitrogen and oxygen atoms in total. The van der Waals surface area contributed by atoms with Crippen LogP contribution in [-0.4, -0.2) is 54.0 Å². The molecule has 34 heavy (non-hydrogen) atoms. The van der Waals surface area contributed by atoms with Crippen LogP contribution in [0.25, 0.3) is 0 Å². The average Bonchev–Trinajstić information content (AvgIpc) is 2.89. The van der Waals surface area contributed by atoms with Gasteiger partial charge in [-0.25, -0.2) is 9.78 Å². The average molecular weight is 460 g/mol. The standard InChI is InChI=1S/C26H29N5O3/c1-20(28-26(33)31-17-15-30(16-18-31)24-9-5-6-14-27-24)25(32)29-22-10-12-23(13-11-22)34-19-21-7-3-2-4-8-21/h2-14,20H,15-19H2,1H3,(H,28,33)(H,29,32). The first-order valence-corrected chi connectivity index (χ1v) is 11.4. The quantitative estimate of drug-likeness (QED) is 0.565. The van der Waals surface area contributed by atoms with Crippen molar-refractivity contribution in [2.24, 2.45) is 0 Å². The van der Waals surface area contributed by atoms with E-state index in [0.717, 1.165) is 11.4 Å². The molecule has 1 aliphatic heterocycles. The van der Waals surface area contributed by atoms with Gasteiger partial charge in [-0.15, -0.1) is 0 Å². The fraction of sp³-hybridized carbons (Fsp3) is 0.269. The first-order valence-electron chi connectivity index (χ1n) is 11.4. The third-order valence-corrected chi connectivity index (χ3v) is 5.64. The van der Waals surface area contributed by atoms with E-state index in [1.807, 2.05) is 60.7 Å². The highest BCUT2D eigenvalue weighted by molar-refractivity contribution is 5.96. The number of aromatic nitrogens is 1. The number of benzene rings is 2. The van der Waals surface area contributed by atoms with Crippen molar-refractivity contribution in [2.75, 3.05) is 36.4 Å². The number of hydrogen-bond donors (Lipinski definition) is 2. The number of hydrogen-bond acceptors (Lipinski definition) is 5. The Hall–Kier alpha value is -4.07. The normalized spacial score (nSPS) is 14.3. The van der Waals surface area contributed by atoms with Gasteiger partial charge >= 0.3 is 6.03 Å². The van der Waals surface area contributed by atoms with E-state index in [2.05, 4.69) is 20.5 Å². The Bertz CT molecular complexity index is 1070. The van der Waals surface area contributed by atoms with Gasteiger partial charge in [-0.1, -0.05) is 36.4 Å². The zero-order valence-electron chi connectivity index (χ0n) is 19.2. The van der Waals surface area contributed by atoms with Gasteiger partial charge in [0.1, 0.15) is 24.2 Å².